The van der Waals surface area contributed by atoms with E-state index in [1.807, 2.05) is 0 Å². The summed E-state index contributed by atoms with van der Waals surface area (Å²) in [5.74, 6) is 2.75. The maximum atomic E-state index is 9.26. The third-order valence-electron chi connectivity index (χ3n) is 3.54. The maximum absolute atomic E-state index is 9.26. The van der Waals surface area contributed by atoms with E-state index in [0.717, 1.165) is 11.8 Å². The molecule has 82 valence electrons. The molecule has 1 saturated carbocycles. The highest BCUT2D eigenvalue weighted by Crippen LogP contribution is 2.39. The third kappa shape index (κ3) is 2.53. The Labute approximate surface area is 92.1 Å². The minimum Gasteiger partial charge on any atom is -0.508 e. The first-order chi connectivity index (χ1) is 7.15. The molecule has 1 heteroatoms. The van der Waals surface area contributed by atoms with E-state index in [2.05, 4.69) is 26.0 Å². The number of rotatable bonds is 1. The lowest BCUT2D eigenvalue weighted by molar-refractivity contribution is 0.268. The maximum Gasteiger partial charge on any atom is 0.115 e. The van der Waals surface area contributed by atoms with Gasteiger partial charge in [0.15, 0.2) is 0 Å². The van der Waals surface area contributed by atoms with Crippen molar-refractivity contribution in [1.29, 1.82) is 0 Å². The molecule has 0 aliphatic heterocycles. The van der Waals surface area contributed by atoms with Gasteiger partial charge in [0.05, 0.1) is 0 Å². The SMILES string of the molecule is CC1CC(C)CC(c2ccc(O)cc2)C1. The van der Waals surface area contributed by atoms with Crippen LogP contribution in [0.5, 0.6) is 5.75 Å². The standard InChI is InChI=1S/C14H20O/c1-10-7-11(2)9-13(8-10)12-3-5-14(15)6-4-12/h3-6,10-11,13,15H,7-9H2,1-2H3. The first kappa shape index (κ1) is 10.5. The van der Waals surface area contributed by atoms with E-state index in [4.69, 9.17) is 0 Å². The van der Waals surface area contributed by atoms with Crippen LogP contribution in [0.4, 0.5) is 0 Å². The molecule has 0 amide bonds. The van der Waals surface area contributed by atoms with E-state index in [0.29, 0.717) is 11.7 Å². The first-order valence-corrected chi connectivity index (χ1v) is 5.94. The second kappa shape index (κ2) is 4.26. The zero-order valence-electron chi connectivity index (χ0n) is 9.61. The molecule has 2 rings (SSSR count). The van der Waals surface area contributed by atoms with Gasteiger partial charge in [-0.2, -0.15) is 0 Å². The molecular weight excluding hydrogens is 184 g/mol. The van der Waals surface area contributed by atoms with Gasteiger partial charge in [-0.25, -0.2) is 0 Å². The summed E-state index contributed by atoms with van der Waals surface area (Å²) in [6.07, 6.45) is 3.97. The van der Waals surface area contributed by atoms with Crippen molar-refractivity contribution >= 4 is 0 Å². The number of phenols is 1. The number of benzene rings is 1. The van der Waals surface area contributed by atoms with Gasteiger partial charge < -0.3 is 5.11 Å². The Morgan fingerprint density at radius 1 is 0.933 bits per heavy atom. The van der Waals surface area contributed by atoms with Gasteiger partial charge in [-0.1, -0.05) is 26.0 Å². The summed E-state index contributed by atoms with van der Waals surface area (Å²) in [6.45, 7) is 4.70. The molecule has 0 radical (unpaired) electrons. The van der Waals surface area contributed by atoms with E-state index >= 15 is 0 Å². The minimum atomic E-state index is 0.371. The lowest BCUT2D eigenvalue weighted by Gasteiger charge is -2.31. The topological polar surface area (TPSA) is 20.2 Å². The predicted octanol–water partition coefficient (Wildman–Crippen LogP) is 3.93. The summed E-state index contributed by atoms with van der Waals surface area (Å²) in [5.41, 5.74) is 1.39. The van der Waals surface area contributed by atoms with Crippen molar-refractivity contribution in [2.45, 2.75) is 39.0 Å². The van der Waals surface area contributed by atoms with E-state index in [9.17, 15) is 5.11 Å². The molecule has 15 heavy (non-hydrogen) atoms. The highest BCUT2D eigenvalue weighted by Gasteiger charge is 2.24. The summed E-state index contributed by atoms with van der Waals surface area (Å²) in [4.78, 5) is 0. The average molecular weight is 204 g/mol. The van der Waals surface area contributed by atoms with Crippen LogP contribution in [0.2, 0.25) is 0 Å². The molecule has 1 aliphatic rings. The lowest BCUT2D eigenvalue weighted by atomic mass is 9.74. The van der Waals surface area contributed by atoms with E-state index in [1.165, 1.54) is 24.8 Å². The number of hydrogen-bond acceptors (Lipinski definition) is 1. The fourth-order valence-corrected chi connectivity index (χ4v) is 2.97. The van der Waals surface area contributed by atoms with Crippen LogP contribution in [0.15, 0.2) is 24.3 Å². The fourth-order valence-electron chi connectivity index (χ4n) is 2.97. The van der Waals surface area contributed by atoms with Crippen molar-refractivity contribution in [3.05, 3.63) is 29.8 Å². The molecule has 0 saturated heterocycles. The number of hydrogen-bond donors (Lipinski definition) is 1. The summed E-state index contributed by atoms with van der Waals surface area (Å²) in [5, 5.41) is 9.26. The molecule has 2 atom stereocenters. The molecule has 1 fully saturated rings. The molecule has 2 unspecified atom stereocenters. The number of phenolic OH excluding ortho intramolecular Hbond substituents is 1. The second-order valence-corrected chi connectivity index (χ2v) is 5.21. The summed E-state index contributed by atoms with van der Waals surface area (Å²) in [6, 6.07) is 7.76. The van der Waals surface area contributed by atoms with E-state index < -0.39 is 0 Å². The lowest BCUT2D eigenvalue weighted by Crippen LogP contribution is -2.18. The van der Waals surface area contributed by atoms with Crippen LogP contribution >= 0.6 is 0 Å². The van der Waals surface area contributed by atoms with E-state index in [1.54, 1.807) is 12.1 Å². The molecule has 1 aliphatic carbocycles. The highest BCUT2D eigenvalue weighted by atomic mass is 16.3. The van der Waals surface area contributed by atoms with Crippen molar-refractivity contribution in [3.63, 3.8) is 0 Å². The van der Waals surface area contributed by atoms with Gasteiger partial charge in [0.2, 0.25) is 0 Å². The summed E-state index contributed by atoms with van der Waals surface area (Å²) < 4.78 is 0. The van der Waals surface area contributed by atoms with Crippen LogP contribution < -0.4 is 0 Å². The molecule has 1 N–H and O–H groups in total. The van der Waals surface area contributed by atoms with Crippen molar-refractivity contribution in [1.82, 2.24) is 0 Å². The Morgan fingerprint density at radius 2 is 1.47 bits per heavy atom. The Kier molecular flexibility index (Phi) is 2.99. The minimum absolute atomic E-state index is 0.371. The van der Waals surface area contributed by atoms with Gasteiger partial charge in [-0.3, -0.25) is 0 Å². The number of aromatic hydroxyl groups is 1. The van der Waals surface area contributed by atoms with Gasteiger partial charge in [0, 0.05) is 0 Å². The fraction of sp³-hybridized carbons (Fsp3) is 0.571. The van der Waals surface area contributed by atoms with Crippen LogP contribution in [0, 0.1) is 11.8 Å². The van der Waals surface area contributed by atoms with Crippen molar-refractivity contribution in [2.24, 2.45) is 11.8 Å². The van der Waals surface area contributed by atoms with Gasteiger partial charge in [-0.15, -0.1) is 0 Å². The zero-order chi connectivity index (χ0) is 10.8. The smallest absolute Gasteiger partial charge is 0.115 e. The van der Waals surface area contributed by atoms with Crippen LogP contribution in [-0.4, -0.2) is 5.11 Å². The Morgan fingerprint density at radius 3 is 2.00 bits per heavy atom. The average Bonchev–Trinajstić information content (AvgIpc) is 2.17. The Hall–Kier alpha value is -0.980. The van der Waals surface area contributed by atoms with Crippen molar-refractivity contribution in [3.8, 4) is 5.75 Å². The summed E-state index contributed by atoms with van der Waals surface area (Å²) >= 11 is 0. The molecule has 1 aromatic carbocycles. The Bertz CT molecular complexity index is 305. The monoisotopic (exact) mass is 204 g/mol. The van der Waals surface area contributed by atoms with Crippen LogP contribution in [0.3, 0.4) is 0 Å². The third-order valence-corrected chi connectivity index (χ3v) is 3.54. The van der Waals surface area contributed by atoms with Crippen molar-refractivity contribution in [2.75, 3.05) is 0 Å². The van der Waals surface area contributed by atoms with Gasteiger partial charge in [0.1, 0.15) is 5.75 Å². The van der Waals surface area contributed by atoms with Crippen LogP contribution in [0.25, 0.3) is 0 Å². The van der Waals surface area contributed by atoms with E-state index in [-0.39, 0.29) is 0 Å². The predicted molar refractivity (Wildman–Crippen MR) is 63.0 cm³/mol. The normalized spacial score (nSPS) is 31.5. The highest BCUT2D eigenvalue weighted by molar-refractivity contribution is 5.28. The van der Waals surface area contributed by atoms with Gasteiger partial charge >= 0.3 is 0 Å². The molecule has 0 heterocycles. The first-order valence-electron chi connectivity index (χ1n) is 5.94. The van der Waals surface area contributed by atoms with Crippen molar-refractivity contribution < 1.29 is 5.11 Å². The van der Waals surface area contributed by atoms with Gasteiger partial charge in [-0.05, 0) is 54.7 Å². The quantitative estimate of drug-likeness (QED) is 0.734. The van der Waals surface area contributed by atoms with Gasteiger partial charge in [0.25, 0.3) is 0 Å². The molecular formula is C14H20O. The zero-order valence-corrected chi connectivity index (χ0v) is 9.61. The molecule has 0 bridgehead atoms. The second-order valence-electron chi connectivity index (χ2n) is 5.21. The Balaban J connectivity index is 2.12. The molecule has 0 spiro atoms. The molecule has 1 nitrogen and oxygen atoms in total. The largest absolute Gasteiger partial charge is 0.508 e. The summed E-state index contributed by atoms with van der Waals surface area (Å²) in [7, 11) is 0. The molecule has 1 aromatic rings. The van der Waals surface area contributed by atoms with Crippen LogP contribution in [0.1, 0.15) is 44.6 Å². The van der Waals surface area contributed by atoms with Crippen LogP contribution in [-0.2, 0) is 0 Å². The molecule has 0 aromatic heterocycles.